The molecule has 0 fully saturated rings. The molecule has 4 rings (SSSR count). The molecule has 2 aromatic carbocycles. The topological polar surface area (TPSA) is 75.1 Å². The Morgan fingerprint density at radius 2 is 1.85 bits per heavy atom. The number of hydrogen-bond acceptors (Lipinski definition) is 5. The second kappa shape index (κ2) is 6.81. The van der Waals surface area contributed by atoms with Crippen molar-refractivity contribution in [2.75, 3.05) is 5.32 Å². The Bertz CT molecular complexity index is 1150. The number of carboxylic acid groups (broad SMARTS) is 1. The maximum atomic E-state index is 11.3. The van der Waals surface area contributed by atoms with Gasteiger partial charge in [-0.2, -0.15) is 0 Å². The lowest BCUT2D eigenvalue weighted by atomic mass is 10.0. The first-order valence-corrected chi connectivity index (χ1v) is 9.31. The largest absolute Gasteiger partial charge is 0.478 e. The molecule has 6 heteroatoms. The Hall–Kier alpha value is -3.25. The second-order valence-electron chi connectivity index (χ2n) is 6.38. The normalized spacial score (nSPS) is 10.9. The fraction of sp³-hybridized carbons (Fsp3) is 0.0952. The Kier molecular flexibility index (Phi) is 4.33. The van der Waals surface area contributed by atoms with Crippen LogP contribution in [0.2, 0.25) is 0 Å². The third-order valence-electron chi connectivity index (χ3n) is 4.47. The van der Waals surface area contributed by atoms with Crippen LogP contribution in [0.25, 0.3) is 21.3 Å². The molecule has 0 aliphatic carbocycles. The zero-order valence-electron chi connectivity index (χ0n) is 14.9. The Balaban J connectivity index is 1.83. The van der Waals surface area contributed by atoms with E-state index in [1.54, 1.807) is 29.5 Å². The monoisotopic (exact) mass is 375 g/mol. The Morgan fingerprint density at radius 3 is 2.59 bits per heavy atom. The summed E-state index contributed by atoms with van der Waals surface area (Å²) in [6.07, 6.45) is 1.52. The third kappa shape index (κ3) is 3.27. The summed E-state index contributed by atoms with van der Waals surface area (Å²) in [6, 6.07) is 13.4. The highest BCUT2D eigenvalue weighted by molar-refractivity contribution is 7.17. The van der Waals surface area contributed by atoms with Crippen LogP contribution in [0.3, 0.4) is 0 Å². The molecular weight excluding hydrogens is 358 g/mol. The van der Waals surface area contributed by atoms with Gasteiger partial charge in [0.2, 0.25) is 0 Å². The molecule has 27 heavy (non-hydrogen) atoms. The van der Waals surface area contributed by atoms with Crippen molar-refractivity contribution in [2.45, 2.75) is 13.8 Å². The van der Waals surface area contributed by atoms with Crippen LogP contribution in [-0.4, -0.2) is 21.0 Å². The number of carboxylic acids is 1. The van der Waals surface area contributed by atoms with Crippen LogP contribution in [0, 0.1) is 13.8 Å². The number of carbonyl (C=O) groups is 1. The first-order chi connectivity index (χ1) is 13.0. The highest BCUT2D eigenvalue weighted by Gasteiger charge is 2.14. The summed E-state index contributed by atoms with van der Waals surface area (Å²) >= 11 is 1.56. The van der Waals surface area contributed by atoms with Crippen molar-refractivity contribution in [3.8, 4) is 11.1 Å². The van der Waals surface area contributed by atoms with E-state index in [1.165, 1.54) is 11.9 Å². The lowest BCUT2D eigenvalue weighted by molar-refractivity contribution is 0.0697. The number of nitrogens with zero attached hydrogens (tertiary/aromatic N) is 2. The van der Waals surface area contributed by atoms with Gasteiger partial charge in [-0.25, -0.2) is 14.8 Å². The number of rotatable bonds is 4. The number of nitrogens with one attached hydrogen (secondary N) is 1. The van der Waals surface area contributed by atoms with E-state index < -0.39 is 5.97 Å². The van der Waals surface area contributed by atoms with Crippen molar-refractivity contribution in [3.63, 3.8) is 0 Å². The maximum Gasteiger partial charge on any atom is 0.335 e. The van der Waals surface area contributed by atoms with Gasteiger partial charge in [-0.15, -0.1) is 11.3 Å². The first-order valence-electron chi connectivity index (χ1n) is 8.43. The lowest BCUT2D eigenvalue weighted by Crippen LogP contribution is -2.01. The molecule has 0 saturated carbocycles. The number of thiophene rings is 1. The van der Waals surface area contributed by atoms with E-state index in [-0.39, 0.29) is 5.56 Å². The number of hydrogen-bond donors (Lipinski definition) is 2. The van der Waals surface area contributed by atoms with Crippen molar-refractivity contribution >= 4 is 39.0 Å². The highest BCUT2D eigenvalue weighted by Crippen LogP contribution is 2.37. The minimum atomic E-state index is -0.957. The number of fused-ring (bicyclic) bond motifs is 1. The molecule has 134 valence electrons. The van der Waals surface area contributed by atoms with Crippen LogP contribution in [0.5, 0.6) is 0 Å². The van der Waals surface area contributed by atoms with E-state index in [0.29, 0.717) is 5.82 Å². The van der Waals surface area contributed by atoms with Crippen LogP contribution in [0.1, 0.15) is 21.5 Å². The molecule has 0 amide bonds. The summed E-state index contributed by atoms with van der Waals surface area (Å²) in [5.41, 5.74) is 5.26. The summed E-state index contributed by atoms with van der Waals surface area (Å²) in [5.74, 6) is -0.288. The van der Waals surface area contributed by atoms with E-state index in [1.807, 2.05) is 6.92 Å². The van der Waals surface area contributed by atoms with Crippen molar-refractivity contribution in [1.29, 1.82) is 0 Å². The average Bonchev–Trinajstić information content (AvgIpc) is 3.09. The molecule has 0 atom stereocenters. The Morgan fingerprint density at radius 1 is 1.07 bits per heavy atom. The first kappa shape index (κ1) is 17.2. The molecule has 2 N–H and O–H groups in total. The van der Waals surface area contributed by atoms with Crippen LogP contribution < -0.4 is 5.32 Å². The third-order valence-corrected chi connectivity index (χ3v) is 5.36. The molecule has 0 radical (unpaired) electrons. The molecule has 0 aliphatic rings. The smallest absolute Gasteiger partial charge is 0.335 e. The van der Waals surface area contributed by atoms with Gasteiger partial charge in [0.15, 0.2) is 0 Å². The molecule has 2 aromatic heterocycles. The predicted octanol–water partition coefficient (Wildman–Crippen LogP) is 5.42. The Labute approximate surface area is 160 Å². The zero-order valence-corrected chi connectivity index (χ0v) is 15.7. The number of anilines is 2. The fourth-order valence-corrected chi connectivity index (χ4v) is 3.85. The van der Waals surface area contributed by atoms with Crippen molar-refractivity contribution < 1.29 is 9.90 Å². The molecule has 0 bridgehead atoms. The van der Waals surface area contributed by atoms with Gasteiger partial charge in [-0.1, -0.05) is 35.9 Å². The summed E-state index contributed by atoms with van der Waals surface area (Å²) in [7, 11) is 0. The van der Waals surface area contributed by atoms with Crippen molar-refractivity contribution in [1.82, 2.24) is 9.97 Å². The van der Waals surface area contributed by atoms with Crippen LogP contribution in [0.4, 0.5) is 11.5 Å². The van der Waals surface area contributed by atoms with E-state index in [4.69, 9.17) is 0 Å². The summed E-state index contributed by atoms with van der Waals surface area (Å²) in [4.78, 5) is 21.0. The van der Waals surface area contributed by atoms with Crippen LogP contribution in [0.15, 0.2) is 54.2 Å². The second-order valence-corrected chi connectivity index (χ2v) is 7.24. The quantitative estimate of drug-likeness (QED) is 0.498. The SMILES string of the molecule is Cc1ccc(-c2csc3ncnc(Nc4cc(C(=O)O)ccc4C)c23)cc1. The zero-order chi connectivity index (χ0) is 19.0. The molecule has 0 unspecified atom stereocenters. The number of benzene rings is 2. The fourth-order valence-electron chi connectivity index (χ4n) is 2.93. The van der Waals surface area contributed by atoms with Gasteiger partial charge in [0, 0.05) is 16.6 Å². The molecule has 0 aliphatic heterocycles. The van der Waals surface area contributed by atoms with Gasteiger partial charge in [0.1, 0.15) is 17.0 Å². The highest BCUT2D eigenvalue weighted by atomic mass is 32.1. The van der Waals surface area contributed by atoms with E-state index >= 15 is 0 Å². The van der Waals surface area contributed by atoms with Gasteiger partial charge >= 0.3 is 5.97 Å². The van der Waals surface area contributed by atoms with Crippen molar-refractivity contribution in [2.24, 2.45) is 0 Å². The van der Waals surface area contributed by atoms with Gasteiger partial charge in [0.05, 0.1) is 10.9 Å². The minimum absolute atomic E-state index is 0.234. The minimum Gasteiger partial charge on any atom is -0.478 e. The maximum absolute atomic E-state index is 11.3. The molecule has 0 spiro atoms. The number of aryl methyl sites for hydroxylation is 2. The van der Waals surface area contributed by atoms with Gasteiger partial charge in [-0.3, -0.25) is 0 Å². The van der Waals surface area contributed by atoms with Gasteiger partial charge in [-0.05, 0) is 37.1 Å². The molecule has 5 nitrogen and oxygen atoms in total. The molecule has 4 aromatic rings. The summed E-state index contributed by atoms with van der Waals surface area (Å²) in [6.45, 7) is 3.99. The van der Waals surface area contributed by atoms with E-state index in [2.05, 4.69) is 51.9 Å². The summed E-state index contributed by atoms with van der Waals surface area (Å²) in [5, 5.41) is 15.6. The van der Waals surface area contributed by atoms with Gasteiger partial charge in [0.25, 0.3) is 0 Å². The van der Waals surface area contributed by atoms with E-state index in [9.17, 15) is 9.90 Å². The summed E-state index contributed by atoms with van der Waals surface area (Å²) < 4.78 is 0. The number of aromatic carboxylic acids is 1. The lowest BCUT2D eigenvalue weighted by Gasteiger charge is -2.12. The predicted molar refractivity (Wildman–Crippen MR) is 109 cm³/mol. The van der Waals surface area contributed by atoms with E-state index in [0.717, 1.165) is 32.6 Å². The van der Waals surface area contributed by atoms with Crippen LogP contribution in [-0.2, 0) is 0 Å². The molecule has 0 saturated heterocycles. The van der Waals surface area contributed by atoms with Gasteiger partial charge < -0.3 is 10.4 Å². The molecule has 2 heterocycles. The van der Waals surface area contributed by atoms with Crippen molar-refractivity contribution in [3.05, 3.63) is 70.9 Å². The standard InChI is InChI=1S/C21H17N3O2S/c1-12-3-6-14(7-4-12)16-10-27-20-18(16)19(22-11-23-20)24-17-9-15(21(25)26)8-5-13(17)2/h3-11H,1-2H3,(H,25,26)(H,22,23,24). The molecular formula is C21H17N3O2S. The average molecular weight is 375 g/mol. The number of aromatic nitrogens is 2. The van der Waals surface area contributed by atoms with Crippen LogP contribution >= 0.6 is 11.3 Å².